The van der Waals surface area contributed by atoms with E-state index in [-0.39, 0.29) is 5.91 Å². The van der Waals surface area contributed by atoms with Gasteiger partial charge in [0.05, 0.1) is 17.9 Å². The molecule has 0 saturated carbocycles. The zero-order valence-corrected chi connectivity index (χ0v) is 13.0. The first-order valence-corrected chi connectivity index (χ1v) is 7.32. The van der Waals surface area contributed by atoms with E-state index in [1.165, 1.54) is 0 Å². The number of aromatic nitrogens is 1. The lowest BCUT2D eigenvalue weighted by Gasteiger charge is -2.33. The van der Waals surface area contributed by atoms with E-state index in [4.69, 9.17) is 10.5 Å². The van der Waals surface area contributed by atoms with Crippen LogP contribution in [-0.2, 0) is 11.3 Å². The van der Waals surface area contributed by atoms with Crippen LogP contribution in [-0.4, -0.2) is 17.0 Å². The molecule has 108 valence electrons. The van der Waals surface area contributed by atoms with Crippen molar-refractivity contribution in [2.45, 2.75) is 19.6 Å². The maximum absolute atomic E-state index is 12.4. The number of rotatable bonds is 2. The number of amides is 1. The van der Waals surface area contributed by atoms with Crippen molar-refractivity contribution in [3.05, 3.63) is 46.7 Å². The molecule has 1 atom stereocenters. The predicted octanol–water partition coefficient (Wildman–Crippen LogP) is 2.74. The molecule has 2 heterocycles. The molecule has 6 heteroatoms. The highest BCUT2D eigenvalue weighted by Crippen LogP contribution is 2.36. The van der Waals surface area contributed by atoms with Gasteiger partial charge in [-0.25, -0.2) is 0 Å². The van der Waals surface area contributed by atoms with E-state index >= 15 is 0 Å². The van der Waals surface area contributed by atoms with Crippen LogP contribution >= 0.6 is 15.9 Å². The van der Waals surface area contributed by atoms with Gasteiger partial charge < -0.3 is 10.5 Å². The second kappa shape index (κ2) is 5.37. The maximum atomic E-state index is 12.4. The van der Waals surface area contributed by atoms with E-state index in [2.05, 4.69) is 20.9 Å². The quantitative estimate of drug-likeness (QED) is 0.848. The van der Waals surface area contributed by atoms with Crippen molar-refractivity contribution >= 4 is 33.2 Å². The number of benzene rings is 1. The lowest BCUT2D eigenvalue weighted by molar-refractivity contribution is -0.125. The minimum Gasteiger partial charge on any atom is -0.479 e. The fourth-order valence-electron chi connectivity index (χ4n) is 2.25. The summed E-state index contributed by atoms with van der Waals surface area (Å²) in [4.78, 5) is 18.4. The molecule has 5 nitrogen and oxygen atoms in total. The van der Waals surface area contributed by atoms with Crippen molar-refractivity contribution in [3.8, 4) is 5.75 Å². The van der Waals surface area contributed by atoms with Crippen LogP contribution in [0.2, 0.25) is 0 Å². The summed E-state index contributed by atoms with van der Waals surface area (Å²) >= 11 is 3.35. The molecule has 0 radical (unpaired) electrons. The standard InChI is InChI=1S/C15H14BrN3O2/c1-9-15(20)19(8-12-4-2-10(16)7-18-12)13-5-3-11(17)6-14(13)21-9/h2-7,9H,8,17H2,1H3. The fourth-order valence-corrected chi connectivity index (χ4v) is 2.49. The zero-order chi connectivity index (χ0) is 15.0. The van der Waals surface area contributed by atoms with Gasteiger partial charge in [-0.15, -0.1) is 0 Å². The number of pyridine rings is 1. The smallest absolute Gasteiger partial charge is 0.268 e. The Balaban J connectivity index is 1.96. The Hall–Kier alpha value is -2.08. The monoisotopic (exact) mass is 347 g/mol. The molecule has 0 fully saturated rings. The first kappa shape index (κ1) is 13.9. The molecule has 0 bridgehead atoms. The summed E-state index contributed by atoms with van der Waals surface area (Å²) in [7, 11) is 0. The van der Waals surface area contributed by atoms with Gasteiger partial charge >= 0.3 is 0 Å². The van der Waals surface area contributed by atoms with Gasteiger partial charge in [0.2, 0.25) is 0 Å². The lowest BCUT2D eigenvalue weighted by Crippen LogP contribution is -2.44. The number of anilines is 2. The molecule has 1 aromatic carbocycles. The van der Waals surface area contributed by atoms with Gasteiger partial charge in [0.25, 0.3) is 5.91 Å². The number of nitrogen functional groups attached to an aromatic ring is 1. The van der Waals surface area contributed by atoms with Crippen molar-refractivity contribution < 1.29 is 9.53 Å². The largest absolute Gasteiger partial charge is 0.479 e. The number of nitrogens with zero attached hydrogens (tertiary/aromatic N) is 2. The summed E-state index contributed by atoms with van der Waals surface area (Å²) in [5.41, 5.74) is 7.91. The van der Waals surface area contributed by atoms with E-state index in [0.717, 1.165) is 15.9 Å². The Morgan fingerprint density at radius 2 is 2.19 bits per heavy atom. The zero-order valence-electron chi connectivity index (χ0n) is 11.4. The molecule has 1 aromatic heterocycles. The molecular formula is C15H14BrN3O2. The number of carbonyl (C=O) groups is 1. The van der Waals surface area contributed by atoms with Crippen LogP contribution < -0.4 is 15.4 Å². The van der Waals surface area contributed by atoms with Crippen LogP contribution in [0.15, 0.2) is 41.0 Å². The third kappa shape index (κ3) is 2.71. The van der Waals surface area contributed by atoms with Gasteiger partial charge in [0.1, 0.15) is 5.75 Å². The third-order valence-corrected chi connectivity index (χ3v) is 3.77. The molecule has 21 heavy (non-hydrogen) atoms. The molecule has 2 aromatic rings. The Morgan fingerprint density at radius 1 is 1.38 bits per heavy atom. The van der Waals surface area contributed by atoms with Crippen molar-refractivity contribution in [2.75, 3.05) is 10.6 Å². The Kier molecular flexibility index (Phi) is 3.55. The minimum absolute atomic E-state index is 0.0861. The molecule has 2 N–H and O–H groups in total. The summed E-state index contributed by atoms with van der Waals surface area (Å²) < 4.78 is 6.52. The van der Waals surface area contributed by atoms with Gasteiger partial charge in [-0.2, -0.15) is 0 Å². The summed E-state index contributed by atoms with van der Waals surface area (Å²) in [6, 6.07) is 9.08. The fraction of sp³-hybridized carbons (Fsp3) is 0.200. The Labute approximate surface area is 130 Å². The third-order valence-electron chi connectivity index (χ3n) is 3.30. The van der Waals surface area contributed by atoms with E-state index in [9.17, 15) is 4.79 Å². The maximum Gasteiger partial charge on any atom is 0.268 e. The highest BCUT2D eigenvalue weighted by molar-refractivity contribution is 9.10. The van der Waals surface area contributed by atoms with Gasteiger partial charge in [-0.3, -0.25) is 14.7 Å². The molecule has 0 aliphatic carbocycles. The van der Waals surface area contributed by atoms with E-state index in [0.29, 0.717) is 18.0 Å². The van der Waals surface area contributed by atoms with E-state index in [1.807, 2.05) is 12.1 Å². The molecule has 0 saturated heterocycles. The summed E-state index contributed by atoms with van der Waals surface area (Å²) in [6.07, 6.45) is 1.18. The first-order chi connectivity index (χ1) is 10.0. The van der Waals surface area contributed by atoms with E-state index < -0.39 is 6.10 Å². The number of nitrogens with two attached hydrogens (primary N) is 1. The van der Waals surface area contributed by atoms with E-state index in [1.54, 1.807) is 36.2 Å². The molecular weight excluding hydrogens is 334 g/mol. The second-order valence-electron chi connectivity index (χ2n) is 4.88. The number of halogens is 1. The number of ether oxygens (including phenoxy) is 1. The molecule has 3 rings (SSSR count). The summed E-state index contributed by atoms with van der Waals surface area (Å²) in [5.74, 6) is 0.538. The summed E-state index contributed by atoms with van der Waals surface area (Å²) in [6.45, 7) is 2.13. The highest BCUT2D eigenvalue weighted by Gasteiger charge is 2.31. The predicted molar refractivity (Wildman–Crippen MR) is 84.1 cm³/mol. The number of hydrogen-bond acceptors (Lipinski definition) is 4. The van der Waals surface area contributed by atoms with Crippen LogP contribution in [0.4, 0.5) is 11.4 Å². The van der Waals surface area contributed by atoms with Crippen LogP contribution in [0.25, 0.3) is 0 Å². The number of fused-ring (bicyclic) bond motifs is 1. The Bertz CT molecular complexity index is 688. The molecule has 1 aliphatic rings. The summed E-state index contributed by atoms with van der Waals surface area (Å²) in [5, 5.41) is 0. The van der Waals surface area contributed by atoms with Crippen molar-refractivity contribution in [2.24, 2.45) is 0 Å². The molecule has 0 spiro atoms. The number of hydrogen-bond donors (Lipinski definition) is 1. The minimum atomic E-state index is -0.533. The average Bonchev–Trinajstić information content (AvgIpc) is 2.46. The lowest BCUT2D eigenvalue weighted by atomic mass is 10.1. The van der Waals surface area contributed by atoms with Gasteiger partial charge in [0, 0.05) is 22.4 Å². The van der Waals surface area contributed by atoms with Crippen LogP contribution in [0.1, 0.15) is 12.6 Å². The van der Waals surface area contributed by atoms with Crippen molar-refractivity contribution in [1.82, 2.24) is 4.98 Å². The second-order valence-corrected chi connectivity index (χ2v) is 5.80. The van der Waals surface area contributed by atoms with Gasteiger partial charge in [0.15, 0.2) is 6.10 Å². The van der Waals surface area contributed by atoms with Crippen LogP contribution in [0, 0.1) is 0 Å². The molecule has 1 unspecified atom stereocenters. The van der Waals surface area contributed by atoms with Crippen molar-refractivity contribution in [1.29, 1.82) is 0 Å². The van der Waals surface area contributed by atoms with Crippen molar-refractivity contribution in [3.63, 3.8) is 0 Å². The molecule has 1 amide bonds. The molecule has 1 aliphatic heterocycles. The first-order valence-electron chi connectivity index (χ1n) is 6.52. The van der Waals surface area contributed by atoms with Gasteiger partial charge in [-0.1, -0.05) is 0 Å². The van der Waals surface area contributed by atoms with Crippen LogP contribution in [0.5, 0.6) is 5.75 Å². The number of carbonyl (C=O) groups excluding carboxylic acids is 1. The SMILES string of the molecule is CC1Oc2cc(N)ccc2N(Cc2ccc(Br)cn2)C1=O. The van der Waals surface area contributed by atoms with Gasteiger partial charge in [-0.05, 0) is 47.1 Å². The highest BCUT2D eigenvalue weighted by atomic mass is 79.9. The Morgan fingerprint density at radius 3 is 2.90 bits per heavy atom. The van der Waals surface area contributed by atoms with Crippen LogP contribution in [0.3, 0.4) is 0 Å². The topological polar surface area (TPSA) is 68.5 Å². The normalized spacial score (nSPS) is 17.3. The average molecular weight is 348 g/mol.